The number of oxazole rings is 1. The molecule has 1 aromatic heterocycles. The van der Waals surface area contributed by atoms with Crippen molar-refractivity contribution in [2.75, 3.05) is 0 Å². The minimum absolute atomic E-state index is 0.116. The first-order chi connectivity index (χ1) is 13.8. The highest BCUT2D eigenvalue weighted by atomic mass is 19.4. The van der Waals surface area contributed by atoms with Crippen LogP contribution in [-0.2, 0) is 12.6 Å². The van der Waals surface area contributed by atoms with E-state index in [-0.39, 0.29) is 28.9 Å². The van der Waals surface area contributed by atoms with Gasteiger partial charge < -0.3 is 14.3 Å². The van der Waals surface area contributed by atoms with Crippen LogP contribution in [0.4, 0.5) is 13.2 Å². The second-order valence-electron chi connectivity index (χ2n) is 6.60. The molecule has 6 nitrogen and oxygen atoms in total. The van der Waals surface area contributed by atoms with E-state index in [0.717, 1.165) is 23.3 Å². The summed E-state index contributed by atoms with van der Waals surface area (Å²) in [5, 5.41) is 18.7. The number of H-pyrrole nitrogens is 1. The quantitative estimate of drug-likeness (QED) is 0.675. The Bertz CT molecular complexity index is 1190. The van der Waals surface area contributed by atoms with Gasteiger partial charge in [0.05, 0.1) is 17.2 Å². The molecule has 29 heavy (non-hydrogen) atoms. The SMILES string of the molecule is N#Cc1ccc(Oc2ccc3c(c2)CC[C@H]3c2oc(=O)[nH]c2O)c(C(F)(F)F)c1. The van der Waals surface area contributed by atoms with Crippen LogP contribution in [0.1, 0.15) is 40.4 Å². The third-order valence-corrected chi connectivity index (χ3v) is 4.81. The largest absolute Gasteiger partial charge is 0.492 e. The third-order valence-electron chi connectivity index (χ3n) is 4.81. The summed E-state index contributed by atoms with van der Waals surface area (Å²) in [6, 6.07) is 9.60. The van der Waals surface area contributed by atoms with E-state index in [9.17, 15) is 23.1 Å². The molecule has 2 N–H and O–H groups in total. The van der Waals surface area contributed by atoms with Gasteiger partial charge in [-0.3, -0.25) is 4.98 Å². The van der Waals surface area contributed by atoms with Crippen molar-refractivity contribution in [3.63, 3.8) is 0 Å². The fourth-order valence-corrected chi connectivity index (χ4v) is 3.53. The van der Waals surface area contributed by atoms with Gasteiger partial charge in [0, 0.05) is 5.92 Å². The average molecular weight is 402 g/mol. The standard InChI is InChI=1S/C20H13F3N2O4/c21-20(22,23)15-7-10(9-24)1-6-16(15)28-12-3-5-13-11(8-12)2-4-14(13)17-18(26)25-19(27)29-17/h1,3,5-8,14,26H,2,4H2,(H,25,27)/t14-/m1/s1. The van der Waals surface area contributed by atoms with E-state index in [2.05, 4.69) is 4.98 Å². The van der Waals surface area contributed by atoms with Crippen LogP contribution in [-0.4, -0.2) is 10.1 Å². The summed E-state index contributed by atoms with van der Waals surface area (Å²) in [6.07, 6.45) is -3.53. The minimum Gasteiger partial charge on any atom is -0.492 e. The van der Waals surface area contributed by atoms with Gasteiger partial charge in [-0.15, -0.1) is 0 Å². The Morgan fingerprint density at radius 1 is 1.24 bits per heavy atom. The number of aryl methyl sites for hydroxylation is 1. The molecular weight excluding hydrogens is 389 g/mol. The van der Waals surface area contributed by atoms with Crippen molar-refractivity contribution in [2.24, 2.45) is 0 Å². The summed E-state index contributed by atoms with van der Waals surface area (Å²) in [5.74, 6) is -1.49. The molecule has 9 heteroatoms. The Morgan fingerprint density at radius 3 is 2.69 bits per heavy atom. The van der Waals surface area contributed by atoms with Gasteiger partial charge in [-0.1, -0.05) is 6.07 Å². The molecule has 1 heterocycles. The predicted octanol–water partition coefficient (Wildman–Crippen LogP) is 4.43. The average Bonchev–Trinajstić information content (AvgIpc) is 3.22. The van der Waals surface area contributed by atoms with Crippen molar-refractivity contribution in [3.05, 3.63) is 75.0 Å². The van der Waals surface area contributed by atoms with Crippen LogP contribution in [0.2, 0.25) is 0 Å². The number of fused-ring (bicyclic) bond motifs is 1. The number of rotatable bonds is 3. The molecular formula is C20H13F3N2O4. The highest BCUT2D eigenvalue weighted by Crippen LogP contribution is 2.43. The smallest absolute Gasteiger partial charge is 0.420 e. The first kappa shape index (κ1) is 18.7. The second kappa shape index (κ2) is 6.74. The Kier molecular flexibility index (Phi) is 4.34. The number of hydrogen-bond acceptors (Lipinski definition) is 5. The monoisotopic (exact) mass is 402 g/mol. The Morgan fingerprint density at radius 2 is 2.03 bits per heavy atom. The van der Waals surface area contributed by atoms with E-state index >= 15 is 0 Å². The maximum Gasteiger partial charge on any atom is 0.420 e. The second-order valence-corrected chi connectivity index (χ2v) is 6.60. The summed E-state index contributed by atoms with van der Waals surface area (Å²) in [6.45, 7) is 0. The summed E-state index contributed by atoms with van der Waals surface area (Å²) >= 11 is 0. The van der Waals surface area contributed by atoms with Crippen LogP contribution in [0.15, 0.2) is 45.6 Å². The van der Waals surface area contributed by atoms with Gasteiger partial charge in [-0.25, -0.2) is 4.79 Å². The Balaban J connectivity index is 1.66. The summed E-state index contributed by atoms with van der Waals surface area (Å²) < 4.78 is 50.4. The van der Waals surface area contributed by atoms with E-state index in [1.54, 1.807) is 18.2 Å². The lowest BCUT2D eigenvalue weighted by atomic mass is 9.99. The van der Waals surface area contributed by atoms with Crippen molar-refractivity contribution in [1.82, 2.24) is 4.98 Å². The van der Waals surface area contributed by atoms with E-state index in [4.69, 9.17) is 14.4 Å². The number of nitrogens with one attached hydrogen (secondary N) is 1. The lowest BCUT2D eigenvalue weighted by Gasteiger charge is -2.15. The number of aromatic nitrogens is 1. The Hall–Kier alpha value is -3.67. The first-order valence-electron chi connectivity index (χ1n) is 8.60. The summed E-state index contributed by atoms with van der Waals surface area (Å²) in [5.41, 5.74) is 0.465. The van der Waals surface area contributed by atoms with Crippen molar-refractivity contribution in [3.8, 4) is 23.4 Å². The number of benzene rings is 2. The van der Waals surface area contributed by atoms with Crippen LogP contribution in [0, 0.1) is 11.3 Å². The number of aromatic amines is 1. The number of nitrogens with zero attached hydrogens (tertiary/aromatic N) is 1. The van der Waals surface area contributed by atoms with Crippen molar-refractivity contribution in [1.29, 1.82) is 5.26 Å². The van der Waals surface area contributed by atoms with Crippen molar-refractivity contribution in [2.45, 2.75) is 24.9 Å². The Labute approximate surface area is 161 Å². The minimum atomic E-state index is -4.67. The van der Waals surface area contributed by atoms with E-state index < -0.39 is 23.2 Å². The van der Waals surface area contributed by atoms with Gasteiger partial charge in [-0.2, -0.15) is 18.4 Å². The van der Waals surface area contributed by atoms with Gasteiger partial charge in [0.1, 0.15) is 11.5 Å². The van der Waals surface area contributed by atoms with Crippen molar-refractivity contribution >= 4 is 0 Å². The molecule has 1 atom stereocenters. The molecule has 0 spiro atoms. The number of aromatic hydroxyl groups is 1. The zero-order valence-electron chi connectivity index (χ0n) is 14.7. The van der Waals surface area contributed by atoms with E-state index in [0.29, 0.717) is 12.8 Å². The fourth-order valence-electron chi connectivity index (χ4n) is 3.53. The first-order valence-corrected chi connectivity index (χ1v) is 8.60. The fraction of sp³-hybridized carbons (Fsp3) is 0.200. The molecule has 0 aliphatic heterocycles. The van der Waals surface area contributed by atoms with Gasteiger partial charge in [0.25, 0.3) is 0 Å². The molecule has 1 aliphatic carbocycles. The van der Waals surface area contributed by atoms with Crippen LogP contribution >= 0.6 is 0 Å². The zero-order valence-corrected chi connectivity index (χ0v) is 14.7. The summed E-state index contributed by atoms with van der Waals surface area (Å²) in [4.78, 5) is 13.4. The number of alkyl halides is 3. The summed E-state index contributed by atoms with van der Waals surface area (Å²) in [7, 11) is 0. The number of nitriles is 1. The highest BCUT2D eigenvalue weighted by molar-refractivity contribution is 5.49. The molecule has 148 valence electrons. The van der Waals surface area contributed by atoms with E-state index in [1.807, 2.05) is 0 Å². The third kappa shape index (κ3) is 3.45. The normalized spacial score (nSPS) is 15.7. The number of hydrogen-bond donors (Lipinski definition) is 2. The molecule has 0 amide bonds. The van der Waals surface area contributed by atoms with Crippen LogP contribution < -0.4 is 10.5 Å². The predicted molar refractivity (Wildman–Crippen MR) is 93.8 cm³/mol. The molecule has 0 fully saturated rings. The maximum absolute atomic E-state index is 13.3. The zero-order chi connectivity index (χ0) is 20.8. The number of halogens is 3. The molecule has 0 saturated carbocycles. The molecule has 3 aromatic rings. The van der Waals surface area contributed by atoms with E-state index in [1.165, 1.54) is 12.1 Å². The molecule has 2 aromatic carbocycles. The van der Waals surface area contributed by atoms with Crippen molar-refractivity contribution < 1.29 is 27.4 Å². The molecule has 4 rings (SSSR count). The van der Waals surface area contributed by atoms with Gasteiger partial charge in [0.15, 0.2) is 5.76 Å². The van der Waals surface area contributed by atoms with Crippen LogP contribution in [0.25, 0.3) is 0 Å². The highest BCUT2D eigenvalue weighted by Gasteiger charge is 2.35. The molecule has 0 radical (unpaired) electrons. The van der Waals surface area contributed by atoms with Gasteiger partial charge >= 0.3 is 11.9 Å². The molecule has 0 saturated heterocycles. The molecule has 0 unspecified atom stereocenters. The van der Waals surface area contributed by atoms with Crippen LogP contribution in [0.3, 0.4) is 0 Å². The van der Waals surface area contributed by atoms with Gasteiger partial charge in [0.2, 0.25) is 5.88 Å². The maximum atomic E-state index is 13.3. The lowest BCUT2D eigenvalue weighted by Crippen LogP contribution is -2.07. The molecule has 1 aliphatic rings. The van der Waals surface area contributed by atoms with Gasteiger partial charge in [-0.05, 0) is 54.3 Å². The topological polar surface area (TPSA) is 99.2 Å². The lowest BCUT2D eigenvalue weighted by molar-refractivity contribution is -0.138. The number of ether oxygens (including phenoxy) is 1. The van der Waals surface area contributed by atoms with Crippen LogP contribution in [0.5, 0.6) is 17.4 Å². The molecule has 0 bridgehead atoms.